The maximum Gasteiger partial charge on any atom is 0.276 e. The number of aromatic nitrogens is 2. The molecule has 0 radical (unpaired) electrons. The lowest BCUT2D eigenvalue weighted by Gasteiger charge is -2.22. The van der Waals surface area contributed by atoms with E-state index >= 15 is 0 Å². The molecule has 120 valence electrons. The van der Waals surface area contributed by atoms with Gasteiger partial charge in [-0.15, -0.1) is 11.8 Å². The van der Waals surface area contributed by atoms with Crippen molar-refractivity contribution < 1.29 is 9.59 Å². The van der Waals surface area contributed by atoms with Crippen LogP contribution in [-0.4, -0.2) is 43.1 Å². The average molecular weight is 348 g/mol. The Morgan fingerprint density at radius 3 is 2.91 bits per heavy atom. The zero-order chi connectivity index (χ0) is 16.4. The summed E-state index contributed by atoms with van der Waals surface area (Å²) < 4.78 is 7.81. The minimum absolute atomic E-state index is 0.166. The number of thioether (sulfide) groups is 1. The molecule has 1 saturated heterocycles. The highest BCUT2D eigenvalue weighted by atomic mass is 32.2. The largest absolute Gasteiger partial charge is 0.324 e. The van der Waals surface area contributed by atoms with Gasteiger partial charge in [0.1, 0.15) is 6.04 Å². The summed E-state index contributed by atoms with van der Waals surface area (Å²) in [6, 6.07) is 5.29. The topological polar surface area (TPSA) is 75.2 Å². The first-order valence-corrected chi connectivity index (χ1v) is 9.00. The summed E-state index contributed by atoms with van der Waals surface area (Å²) in [6.07, 6.45) is 1.44. The van der Waals surface area contributed by atoms with Crippen molar-refractivity contribution in [2.24, 2.45) is 0 Å². The van der Waals surface area contributed by atoms with E-state index in [9.17, 15) is 9.59 Å². The van der Waals surface area contributed by atoms with Crippen LogP contribution in [0.5, 0.6) is 0 Å². The van der Waals surface area contributed by atoms with Gasteiger partial charge in [0.15, 0.2) is 5.69 Å². The summed E-state index contributed by atoms with van der Waals surface area (Å²) in [4.78, 5) is 26.6. The van der Waals surface area contributed by atoms with Crippen LogP contribution in [0, 0.1) is 13.8 Å². The van der Waals surface area contributed by atoms with E-state index in [1.165, 1.54) is 6.20 Å². The highest BCUT2D eigenvalue weighted by molar-refractivity contribution is 7.99. The number of hydrogen-bond acceptors (Lipinski definition) is 6. The lowest BCUT2D eigenvalue weighted by Crippen LogP contribution is -2.44. The Bertz CT molecular complexity index is 733. The molecule has 3 rings (SSSR count). The number of carbonyl (C=O) groups excluding carboxylic acids is 2. The zero-order valence-corrected chi connectivity index (χ0v) is 14.4. The molecular formula is C15H16N4O2S2. The first-order chi connectivity index (χ1) is 11.1. The van der Waals surface area contributed by atoms with E-state index in [0.29, 0.717) is 17.3 Å². The molecule has 23 heavy (non-hydrogen) atoms. The summed E-state index contributed by atoms with van der Waals surface area (Å²) in [5.41, 5.74) is 3.23. The van der Waals surface area contributed by atoms with Crippen molar-refractivity contribution in [3.63, 3.8) is 0 Å². The first kappa shape index (κ1) is 15.9. The predicted octanol–water partition coefficient (Wildman–Crippen LogP) is 2.31. The van der Waals surface area contributed by atoms with E-state index in [2.05, 4.69) is 14.1 Å². The van der Waals surface area contributed by atoms with Gasteiger partial charge in [-0.3, -0.25) is 9.59 Å². The zero-order valence-electron chi connectivity index (χ0n) is 12.8. The van der Waals surface area contributed by atoms with Crippen LogP contribution in [0.25, 0.3) is 0 Å². The maximum atomic E-state index is 12.6. The third-order valence-electron chi connectivity index (χ3n) is 3.89. The molecular weight excluding hydrogens is 332 g/mol. The van der Waals surface area contributed by atoms with Crippen LogP contribution in [-0.2, 0) is 4.79 Å². The third kappa shape index (κ3) is 3.23. The molecule has 1 N–H and O–H groups in total. The number of amides is 2. The predicted molar refractivity (Wildman–Crippen MR) is 91.7 cm³/mol. The van der Waals surface area contributed by atoms with Gasteiger partial charge in [0.25, 0.3) is 5.91 Å². The molecule has 0 aliphatic carbocycles. The molecule has 8 heteroatoms. The van der Waals surface area contributed by atoms with Gasteiger partial charge in [-0.25, -0.2) is 0 Å². The number of nitrogens with zero attached hydrogens (tertiary/aromatic N) is 3. The van der Waals surface area contributed by atoms with Crippen molar-refractivity contribution in [1.29, 1.82) is 0 Å². The molecule has 2 aromatic rings. The van der Waals surface area contributed by atoms with E-state index in [1.807, 2.05) is 32.0 Å². The number of anilines is 1. The van der Waals surface area contributed by atoms with Crippen molar-refractivity contribution in [3.8, 4) is 0 Å². The number of hydrogen-bond donors (Lipinski definition) is 1. The number of nitrogens with one attached hydrogen (secondary N) is 1. The standard InChI is InChI=1S/C15H16N4O2S2/c1-9-4-3-5-11(10(9)2)17-14(20)13-7-22-8-19(13)15(21)12-6-16-23-18-12/h3-6,13H,7-8H2,1-2H3,(H,17,20)/t13-/m1/s1. The summed E-state index contributed by atoms with van der Waals surface area (Å²) in [5, 5.41) is 2.94. The van der Waals surface area contributed by atoms with Gasteiger partial charge >= 0.3 is 0 Å². The number of aryl methyl sites for hydroxylation is 1. The van der Waals surface area contributed by atoms with Crippen LogP contribution in [0.3, 0.4) is 0 Å². The minimum Gasteiger partial charge on any atom is -0.324 e. The summed E-state index contributed by atoms with van der Waals surface area (Å²) in [5.74, 6) is 0.659. The van der Waals surface area contributed by atoms with Gasteiger partial charge in [-0.1, -0.05) is 12.1 Å². The third-order valence-corrected chi connectivity index (χ3v) is 5.38. The van der Waals surface area contributed by atoms with Gasteiger partial charge in [-0.05, 0) is 31.0 Å². The van der Waals surface area contributed by atoms with Gasteiger partial charge in [0.05, 0.1) is 23.8 Å². The fourth-order valence-corrected chi connectivity index (χ4v) is 3.93. The highest BCUT2D eigenvalue weighted by Gasteiger charge is 2.36. The van der Waals surface area contributed by atoms with E-state index in [1.54, 1.807) is 16.7 Å². The van der Waals surface area contributed by atoms with Crippen LogP contribution in [0.4, 0.5) is 5.69 Å². The molecule has 1 atom stereocenters. The van der Waals surface area contributed by atoms with E-state index in [0.717, 1.165) is 28.5 Å². The van der Waals surface area contributed by atoms with Crippen molar-refractivity contribution >= 4 is 41.0 Å². The Balaban J connectivity index is 1.76. The van der Waals surface area contributed by atoms with E-state index in [-0.39, 0.29) is 11.8 Å². The molecule has 1 fully saturated rings. The molecule has 6 nitrogen and oxygen atoms in total. The fraction of sp³-hybridized carbons (Fsp3) is 0.333. The second-order valence-electron chi connectivity index (χ2n) is 5.32. The van der Waals surface area contributed by atoms with Gasteiger partial charge < -0.3 is 10.2 Å². The van der Waals surface area contributed by atoms with E-state index < -0.39 is 6.04 Å². The Hall–Kier alpha value is -1.93. The molecule has 1 aromatic carbocycles. The van der Waals surface area contributed by atoms with Crippen molar-refractivity contribution in [2.45, 2.75) is 19.9 Å². The highest BCUT2D eigenvalue weighted by Crippen LogP contribution is 2.25. The van der Waals surface area contributed by atoms with Crippen LogP contribution in [0.2, 0.25) is 0 Å². The molecule has 2 amide bonds. The molecule has 0 saturated carbocycles. The van der Waals surface area contributed by atoms with E-state index in [4.69, 9.17) is 0 Å². The lowest BCUT2D eigenvalue weighted by molar-refractivity contribution is -0.119. The molecule has 1 aliphatic heterocycles. The van der Waals surface area contributed by atoms with Crippen LogP contribution in [0.15, 0.2) is 24.4 Å². The van der Waals surface area contributed by atoms with Gasteiger partial charge in [-0.2, -0.15) is 8.75 Å². The number of rotatable bonds is 3. The molecule has 1 aliphatic rings. The fourth-order valence-electron chi connectivity index (χ4n) is 2.37. The first-order valence-electron chi connectivity index (χ1n) is 7.11. The Morgan fingerprint density at radius 2 is 2.17 bits per heavy atom. The smallest absolute Gasteiger partial charge is 0.276 e. The van der Waals surface area contributed by atoms with Crippen LogP contribution in [0.1, 0.15) is 21.6 Å². The number of benzene rings is 1. The molecule has 1 aromatic heterocycles. The Morgan fingerprint density at radius 1 is 1.35 bits per heavy atom. The van der Waals surface area contributed by atoms with Crippen LogP contribution >= 0.6 is 23.5 Å². The van der Waals surface area contributed by atoms with Crippen molar-refractivity contribution in [2.75, 3.05) is 16.9 Å². The quantitative estimate of drug-likeness (QED) is 0.921. The molecule has 0 spiro atoms. The molecule has 0 bridgehead atoms. The van der Waals surface area contributed by atoms with Gasteiger partial charge in [0, 0.05) is 11.4 Å². The van der Waals surface area contributed by atoms with Crippen molar-refractivity contribution in [1.82, 2.24) is 13.6 Å². The second kappa shape index (κ2) is 6.67. The Labute approximate surface area is 142 Å². The summed E-state index contributed by atoms with van der Waals surface area (Å²) >= 11 is 2.55. The van der Waals surface area contributed by atoms with Gasteiger partial charge in [0.2, 0.25) is 5.91 Å². The SMILES string of the molecule is Cc1cccc(NC(=O)[C@H]2CSCN2C(=O)c2cnsn2)c1C. The van der Waals surface area contributed by atoms with Crippen molar-refractivity contribution in [3.05, 3.63) is 41.2 Å². The lowest BCUT2D eigenvalue weighted by atomic mass is 10.1. The maximum absolute atomic E-state index is 12.6. The van der Waals surface area contributed by atoms with Crippen LogP contribution < -0.4 is 5.32 Å². The molecule has 2 heterocycles. The normalized spacial score (nSPS) is 17.3. The Kier molecular flexibility index (Phi) is 4.63. The number of carbonyl (C=O) groups is 2. The average Bonchev–Trinajstić information content (AvgIpc) is 3.21. The second-order valence-corrected chi connectivity index (χ2v) is 6.88. The minimum atomic E-state index is -0.492. The summed E-state index contributed by atoms with van der Waals surface area (Å²) in [6.45, 7) is 3.97. The monoisotopic (exact) mass is 348 g/mol. The molecule has 0 unspecified atom stereocenters. The summed E-state index contributed by atoms with van der Waals surface area (Å²) in [7, 11) is 0.